The number of benzene rings is 4. The Morgan fingerprint density at radius 1 is 0.837 bits per heavy atom. The van der Waals surface area contributed by atoms with Gasteiger partial charge in [-0.25, -0.2) is 19.7 Å². The molecule has 10 rings (SSSR count). The summed E-state index contributed by atoms with van der Waals surface area (Å²) in [6, 6.07) is 27.5. The standard InChI is InChI=1S/C66H74F2N8O8S2/c1-37-46(47-28-29-54(72-55(47)61(81)84-65(7,8)9)75-31-30-42-14-12-16-48(49(42)35-75)58(78)74-63-71-50-17-10-11-19-53(50)86-63)15-13-18-52(37)83-45-26-20-40(21-27-45)33-66(67,68)62(82)73-57(64(4,5)6)60(80)76-34-44(77)32-51(76)59(79)70-38(2)41-22-24-43(25-23-41)56-39(3)69-36-85-56/h10-19,22-25,28-29,36,38,40,44-45,51,57,77H,20-21,26-27,30-35H2,1-9H3,(H,70,79)(H,73,82)(H,71,74,78)/t38-,40?,44+,45?,51-,57?/m0/s1. The molecule has 86 heavy (non-hydrogen) atoms. The van der Waals surface area contributed by atoms with Crippen molar-refractivity contribution in [3.05, 3.63) is 142 Å². The fourth-order valence-corrected chi connectivity index (χ4v) is 13.5. The van der Waals surface area contributed by atoms with E-state index in [1.807, 2.05) is 118 Å². The van der Waals surface area contributed by atoms with Crippen molar-refractivity contribution < 1.29 is 47.3 Å². The van der Waals surface area contributed by atoms with Crippen LogP contribution in [-0.2, 0) is 32.1 Å². The highest BCUT2D eigenvalue weighted by atomic mass is 32.1. The first-order valence-corrected chi connectivity index (χ1v) is 31.0. The van der Waals surface area contributed by atoms with E-state index in [0.717, 1.165) is 48.6 Å². The SMILES string of the molecule is Cc1ncsc1-c1ccc([C@H](C)NC(=O)[C@@H]2C[C@@H](O)CN2C(=O)C(NC(=O)C(F)(F)CC2CCC(Oc3cccc(-c4ccc(N5CCc6cccc(C(=O)Nc7nc8ccccc8s7)c6C5)nc4C(=O)OC(C)(C)C)c3C)CC2)C(C)(C)C)cc1. The highest BCUT2D eigenvalue weighted by Crippen LogP contribution is 2.40. The topological polar surface area (TPSA) is 205 Å². The van der Waals surface area contributed by atoms with Crippen LogP contribution in [0.15, 0.2) is 103 Å². The van der Waals surface area contributed by atoms with Gasteiger partial charge in [-0.15, -0.1) is 11.3 Å². The van der Waals surface area contributed by atoms with Crippen molar-refractivity contribution >= 4 is 73.4 Å². The predicted molar refractivity (Wildman–Crippen MR) is 331 cm³/mol. The van der Waals surface area contributed by atoms with E-state index in [9.17, 15) is 29.1 Å². The first-order chi connectivity index (χ1) is 40.8. The fraction of sp³-hybridized carbons (Fsp3) is 0.424. The van der Waals surface area contributed by atoms with Crippen LogP contribution in [0.1, 0.15) is 142 Å². The van der Waals surface area contributed by atoms with E-state index >= 15 is 8.78 Å². The number of aliphatic hydroxyl groups excluding tert-OH is 1. The molecule has 0 bridgehead atoms. The van der Waals surface area contributed by atoms with Crippen LogP contribution in [0, 0.1) is 25.2 Å². The highest BCUT2D eigenvalue weighted by Gasteiger charge is 2.49. The van der Waals surface area contributed by atoms with E-state index in [0.29, 0.717) is 78.6 Å². The number of nitrogens with zero attached hydrogens (tertiary/aromatic N) is 5. The number of esters is 1. The summed E-state index contributed by atoms with van der Waals surface area (Å²) in [5, 5.41) is 19.6. The van der Waals surface area contributed by atoms with Gasteiger partial charge in [-0.2, -0.15) is 8.78 Å². The average Bonchev–Trinajstić information content (AvgIpc) is 2.68. The highest BCUT2D eigenvalue weighted by molar-refractivity contribution is 7.22. The van der Waals surface area contributed by atoms with Gasteiger partial charge < -0.3 is 35.0 Å². The van der Waals surface area contributed by atoms with Gasteiger partial charge in [0.05, 0.1) is 44.5 Å². The maximum atomic E-state index is 16.2. The smallest absolute Gasteiger partial charge is 0.358 e. The third-order valence-corrected chi connectivity index (χ3v) is 18.3. The number of hydrogen-bond donors (Lipinski definition) is 4. The van der Waals surface area contributed by atoms with Crippen molar-refractivity contribution in [1.82, 2.24) is 30.5 Å². The summed E-state index contributed by atoms with van der Waals surface area (Å²) < 4.78 is 45.9. The largest absolute Gasteiger partial charge is 0.490 e. The zero-order valence-electron chi connectivity index (χ0n) is 50.0. The number of β-amino-alcohol motifs (C(OH)–C–C–N with tert-alkyl or cyclic N) is 1. The van der Waals surface area contributed by atoms with Gasteiger partial charge in [0.15, 0.2) is 10.8 Å². The van der Waals surface area contributed by atoms with Crippen molar-refractivity contribution in [1.29, 1.82) is 0 Å². The molecule has 20 heteroatoms. The number of aryl methyl sites for hydroxylation is 1. The molecule has 4 N–H and O–H groups in total. The lowest BCUT2D eigenvalue weighted by molar-refractivity contribution is -0.154. The number of carbonyl (C=O) groups excluding carboxylic acids is 5. The van der Waals surface area contributed by atoms with Gasteiger partial charge >= 0.3 is 11.9 Å². The molecular weight excluding hydrogens is 1130 g/mol. The van der Waals surface area contributed by atoms with Crippen molar-refractivity contribution in [3.63, 3.8) is 0 Å². The molecule has 3 aromatic heterocycles. The molecule has 452 valence electrons. The molecule has 2 fully saturated rings. The molecule has 3 aliphatic rings. The number of para-hydroxylation sites is 1. The first-order valence-electron chi connectivity index (χ1n) is 29.3. The Labute approximate surface area is 508 Å². The quantitative estimate of drug-likeness (QED) is 0.0667. The van der Waals surface area contributed by atoms with Gasteiger partial charge in [-0.1, -0.05) is 92.8 Å². The van der Waals surface area contributed by atoms with E-state index in [2.05, 4.69) is 30.8 Å². The maximum Gasteiger partial charge on any atom is 0.358 e. The minimum absolute atomic E-state index is 0.0531. The molecule has 4 aromatic carbocycles. The second-order valence-electron chi connectivity index (χ2n) is 25.0. The number of amides is 4. The Hall–Kier alpha value is -7.68. The number of halogens is 2. The number of aliphatic hydroxyl groups is 1. The Balaban J connectivity index is 0.770. The van der Waals surface area contributed by atoms with Crippen molar-refractivity contribution in [2.24, 2.45) is 11.3 Å². The summed E-state index contributed by atoms with van der Waals surface area (Å²) in [4.78, 5) is 88.1. The number of ether oxygens (including phenoxy) is 2. The van der Waals surface area contributed by atoms with Gasteiger partial charge in [-0.05, 0) is 155 Å². The number of aromatic nitrogens is 3. The number of alkyl halides is 2. The van der Waals surface area contributed by atoms with Gasteiger partial charge in [0.25, 0.3) is 11.8 Å². The molecule has 1 unspecified atom stereocenters. The third kappa shape index (κ3) is 13.8. The predicted octanol–water partition coefficient (Wildman–Crippen LogP) is 12.2. The van der Waals surface area contributed by atoms with E-state index < -0.39 is 77.2 Å². The Morgan fingerprint density at radius 3 is 2.27 bits per heavy atom. The van der Waals surface area contributed by atoms with Crippen LogP contribution in [0.25, 0.3) is 31.8 Å². The van der Waals surface area contributed by atoms with Crippen LogP contribution < -0.4 is 25.6 Å². The zero-order valence-corrected chi connectivity index (χ0v) is 51.6. The van der Waals surface area contributed by atoms with Crippen LogP contribution in [0.5, 0.6) is 5.75 Å². The number of carbonyl (C=O) groups is 5. The number of rotatable bonds is 16. The maximum absolute atomic E-state index is 16.2. The van der Waals surface area contributed by atoms with Gasteiger partial charge in [-0.3, -0.25) is 24.5 Å². The third-order valence-electron chi connectivity index (χ3n) is 16.4. The summed E-state index contributed by atoms with van der Waals surface area (Å²) in [6.45, 7) is 16.8. The minimum atomic E-state index is -3.83. The second-order valence-corrected chi connectivity index (χ2v) is 26.9. The molecule has 1 aliphatic carbocycles. The van der Waals surface area contributed by atoms with Crippen LogP contribution in [-0.4, -0.2) is 103 Å². The number of nitrogens with one attached hydrogen (secondary N) is 3. The lowest BCUT2D eigenvalue weighted by Gasteiger charge is -2.36. The second kappa shape index (κ2) is 25.0. The molecule has 2 aliphatic heterocycles. The normalized spacial score (nSPS) is 18.9. The Morgan fingerprint density at radius 2 is 1.57 bits per heavy atom. The number of thiazole rings is 2. The molecule has 16 nitrogen and oxygen atoms in total. The van der Waals surface area contributed by atoms with Gasteiger partial charge in [0.1, 0.15) is 29.3 Å². The van der Waals surface area contributed by atoms with Crippen LogP contribution >= 0.6 is 22.7 Å². The first kappa shape index (κ1) is 61.4. The van der Waals surface area contributed by atoms with Crippen LogP contribution in [0.3, 0.4) is 0 Å². The van der Waals surface area contributed by atoms with Crippen molar-refractivity contribution in [2.75, 3.05) is 23.3 Å². The van der Waals surface area contributed by atoms with E-state index in [4.69, 9.17) is 14.5 Å². The molecule has 7 aromatic rings. The van der Waals surface area contributed by atoms with Crippen molar-refractivity contribution in [2.45, 2.75) is 156 Å². The number of fused-ring (bicyclic) bond motifs is 2. The lowest BCUT2D eigenvalue weighted by atomic mass is 9.82. The Kier molecular flexibility index (Phi) is 17.8. The summed E-state index contributed by atoms with van der Waals surface area (Å²) in [7, 11) is 0. The average molecular weight is 1210 g/mol. The molecule has 4 amide bonds. The number of anilines is 2. The minimum Gasteiger partial charge on any atom is -0.490 e. The number of pyridine rings is 1. The monoisotopic (exact) mass is 1210 g/mol. The molecule has 1 saturated carbocycles. The van der Waals surface area contributed by atoms with Crippen LogP contribution in [0.2, 0.25) is 0 Å². The fourth-order valence-electron chi connectivity index (χ4n) is 11.8. The molecule has 5 heterocycles. The molecular formula is C66H74F2N8O8S2. The molecule has 0 radical (unpaired) electrons. The molecule has 4 atom stereocenters. The van der Waals surface area contributed by atoms with E-state index in [1.54, 1.807) is 47.1 Å². The summed E-state index contributed by atoms with van der Waals surface area (Å²) in [5.74, 6) is -6.93. The zero-order chi connectivity index (χ0) is 61.4. The molecule has 1 saturated heterocycles. The Bertz CT molecular complexity index is 3650. The summed E-state index contributed by atoms with van der Waals surface area (Å²) >= 11 is 2.95. The summed E-state index contributed by atoms with van der Waals surface area (Å²) in [6.07, 6.45) is 0.0898. The van der Waals surface area contributed by atoms with Crippen LogP contribution in [0.4, 0.5) is 19.7 Å². The molecule has 0 spiro atoms. The van der Waals surface area contributed by atoms with Crippen molar-refractivity contribution in [3.8, 4) is 27.3 Å². The lowest BCUT2D eigenvalue weighted by Crippen LogP contribution is -2.60. The van der Waals surface area contributed by atoms with E-state index in [-0.39, 0.29) is 30.7 Å². The van der Waals surface area contributed by atoms with E-state index in [1.165, 1.54) is 27.6 Å². The van der Waals surface area contributed by atoms with Gasteiger partial charge in [0, 0.05) is 43.6 Å². The number of likely N-dealkylation sites (tertiary alicyclic amines) is 1. The van der Waals surface area contributed by atoms with Gasteiger partial charge in [0.2, 0.25) is 11.8 Å². The summed E-state index contributed by atoms with van der Waals surface area (Å²) in [5.41, 5.74) is 7.99. The number of hydrogen-bond acceptors (Lipinski definition) is 14.